The molecule has 1 fully saturated rings. The third-order valence-electron chi connectivity index (χ3n) is 4.09. The SMILES string of the molecule is N[C@H]1C(=O)N(c2ccc3c(c2)OCCO3)[C@H]1c1ccccc1. The topological polar surface area (TPSA) is 64.8 Å². The number of fused-ring (bicyclic) bond motifs is 1. The number of nitrogens with zero attached hydrogens (tertiary/aromatic N) is 1. The lowest BCUT2D eigenvalue weighted by Crippen LogP contribution is -2.63. The molecule has 2 N–H and O–H groups in total. The summed E-state index contributed by atoms with van der Waals surface area (Å²) in [5, 5.41) is 0. The van der Waals surface area contributed by atoms with Crippen molar-refractivity contribution in [1.82, 2.24) is 0 Å². The van der Waals surface area contributed by atoms with Gasteiger partial charge in [-0.25, -0.2) is 0 Å². The van der Waals surface area contributed by atoms with Crippen molar-refractivity contribution >= 4 is 11.6 Å². The molecule has 0 aliphatic carbocycles. The highest BCUT2D eigenvalue weighted by Crippen LogP contribution is 2.41. The van der Waals surface area contributed by atoms with Crippen LogP contribution in [0, 0.1) is 0 Å². The van der Waals surface area contributed by atoms with Gasteiger partial charge in [0.25, 0.3) is 0 Å². The van der Waals surface area contributed by atoms with Crippen LogP contribution >= 0.6 is 0 Å². The van der Waals surface area contributed by atoms with Gasteiger partial charge in [0.2, 0.25) is 5.91 Å². The first-order chi connectivity index (χ1) is 10.8. The third-order valence-corrected chi connectivity index (χ3v) is 4.09. The second kappa shape index (κ2) is 5.03. The smallest absolute Gasteiger partial charge is 0.247 e. The predicted octanol–water partition coefficient (Wildman–Crippen LogP) is 1.87. The van der Waals surface area contributed by atoms with Gasteiger partial charge in [0.05, 0.1) is 6.04 Å². The first-order valence-electron chi connectivity index (χ1n) is 7.29. The molecule has 22 heavy (non-hydrogen) atoms. The molecule has 2 aromatic carbocycles. The minimum absolute atomic E-state index is 0.0782. The normalized spacial score (nSPS) is 23.1. The zero-order valence-corrected chi connectivity index (χ0v) is 11.9. The molecular weight excluding hydrogens is 280 g/mol. The quantitative estimate of drug-likeness (QED) is 0.859. The highest BCUT2D eigenvalue weighted by atomic mass is 16.6. The minimum Gasteiger partial charge on any atom is -0.486 e. The lowest BCUT2D eigenvalue weighted by molar-refractivity contribution is -0.126. The fourth-order valence-corrected chi connectivity index (χ4v) is 2.99. The van der Waals surface area contributed by atoms with E-state index < -0.39 is 6.04 Å². The number of anilines is 1. The number of rotatable bonds is 2. The Labute approximate surface area is 128 Å². The number of benzene rings is 2. The van der Waals surface area contributed by atoms with Crippen LogP contribution in [0.5, 0.6) is 11.5 Å². The number of amides is 1. The molecule has 2 aliphatic rings. The summed E-state index contributed by atoms with van der Waals surface area (Å²) in [7, 11) is 0. The number of carbonyl (C=O) groups excluding carboxylic acids is 1. The van der Waals surface area contributed by atoms with Gasteiger partial charge < -0.3 is 20.1 Å². The van der Waals surface area contributed by atoms with Crippen molar-refractivity contribution in [3.8, 4) is 11.5 Å². The summed E-state index contributed by atoms with van der Waals surface area (Å²) < 4.78 is 11.1. The Morgan fingerprint density at radius 3 is 2.50 bits per heavy atom. The van der Waals surface area contributed by atoms with Crippen molar-refractivity contribution in [3.05, 3.63) is 54.1 Å². The summed E-state index contributed by atoms with van der Waals surface area (Å²) in [6.07, 6.45) is 0. The molecule has 0 unspecified atom stereocenters. The van der Waals surface area contributed by atoms with Crippen LogP contribution < -0.4 is 20.1 Å². The van der Waals surface area contributed by atoms with E-state index >= 15 is 0 Å². The lowest BCUT2D eigenvalue weighted by atomic mass is 9.88. The molecule has 2 atom stereocenters. The van der Waals surface area contributed by atoms with Gasteiger partial charge in [-0.15, -0.1) is 0 Å². The molecule has 0 spiro atoms. The summed E-state index contributed by atoms with van der Waals surface area (Å²) in [5.41, 5.74) is 7.83. The average molecular weight is 296 g/mol. The highest BCUT2D eigenvalue weighted by molar-refractivity contribution is 6.05. The van der Waals surface area contributed by atoms with Crippen LogP contribution in [0.3, 0.4) is 0 Å². The molecule has 2 aromatic rings. The maximum Gasteiger partial charge on any atom is 0.247 e. The second-order valence-corrected chi connectivity index (χ2v) is 5.42. The first-order valence-corrected chi connectivity index (χ1v) is 7.29. The van der Waals surface area contributed by atoms with Gasteiger partial charge in [0, 0.05) is 11.8 Å². The van der Waals surface area contributed by atoms with Crippen molar-refractivity contribution in [2.45, 2.75) is 12.1 Å². The maximum absolute atomic E-state index is 12.2. The zero-order valence-electron chi connectivity index (χ0n) is 11.9. The lowest BCUT2D eigenvalue weighted by Gasteiger charge is -2.45. The minimum atomic E-state index is -0.504. The Kier molecular flexibility index (Phi) is 3.01. The van der Waals surface area contributed by atoms with Crippen LogP contribution in [0.25, 0.3) is 0 Å². The van der Waals surface area contributed by atoms with E-state index in [4.69, 9.17) is 15.2 Å². The molecule has 0 bridgehead atoms. The van der Waals surface area contributed by atoms with E-state index in [2.05, 4.69) is 0 Å². The average Bonchev–Trinajstić information content (AvgIpc) is 2.59. The van der Waals surface area contributed by atoms with E-state index in [1.807, 2.05) is 48.5 Å². The fourth-order valence-electron chi connectivity index (χ4n) is 2.99. The molecule has 2 heterocycles. The van der Waals surface area contributed by atoms with Gasteiger partial charge in [-0.2, -0.15) is 0 Å². The molecular formula is C17H16N2O3. The molecule has 112 valence electrons. The van der Waals surface area contributed by atoms with Crippen LogP contribution in [-0.2, 0) is 4.79 Å². The maximum atomic E-state index is 12.2. The zero-order chi connectivity index (χ0) is 15.1. The van der Waals surface area contributed by atoms with E-state index in [0.717, 1.165) is 11.3 Å². The molecule has 0 saturated carbocycles. The van der Waals surface area contributed by atoms with Crippen LogP contribution in [0.1, 0.15) is 11.6 Å². The summed E-state index contributed by atoms with van der Waals surface area (Å²) in [6.45, 7) is 1.07. The number of nitrogens with two attached hydrogens (primary N) is 1. The Balaban J connectivity index is 1.70. The van der Waals surface area contributed by atoms with E-state index in [0.29, 0.717) is 24.7 Å². The Bertz CT molecular complexity index is 717. The summed E-state index contributed by atoms with van der Waals surface area (Å²) >= 11 is 0. The van der Waals surface area contributed by atoms with Gasteiger partial charge in [-0.05, 0) is 17.7 Å². The Hall–Kier alpha value is -2.53. The molecule has 2 aliphatic heterocycles. The largest absolute Gasteiger partial charge is 0.486 e. The van der Waals surface area contributed by atoms with Crippen molar-refractivity contribution in [1.29, 1.82) is 0 Å². The standard InChI is InChI=1S/C17H16N2O3/c18-15-16(11-4-2-1-3-5-11)19(17(15)20)12-6-7-13-14(10-12)22-9-8-21-13/h1-7,10,15-16H,8-9,18H2/t15-,16+/m1/s1. The molecule has 1 saturated heterocycles. The van der Waals surface area contributed by atoms with E-state index in [1.165, 1.54) is 0 Å². The molecule has 0 aromatic heterocycles. The van der Waals surface area contributed by atoms with Crippen LogP contribution in [0.2, 0.25) is 0 Å². The fraction of sp³-hybridized carbons (Fsp3) is 0.235. The number of ether oxygens (including phenoxy) is 2. The van der Waals surface area contributed by atoms with Crippen LogP contribution in [0.15, 0.2) is 48.5 Å². The molecule has 1 amide bonds. The molecule has 5 heteroatoms. The number of carbonyl (C=O) groups is 1. The van der Waals surface area contributed by atoms with E-state index in [9.17, 15) is 4.79 Å². The Morgan fingerprint density at radius 2 is 1.73 bits per heavy atom. The van der Waals surface area contributed by atoms with E-state index in [1.54, 1.807) is 4.90 Å². The van der Waals surface area contributed by atoms with Crippen molar-refractivity contribution in [2.75, 3.05) is 18.1 Å². The number of hydrogen-bond acceptors (Lipinski definition) is 4. The van der Waals surface area contributed by atoms with Gasteiger partial charge in [-0.1, -0.05) is 30.3 Å². The Morgan fingerprint density at radius 1 is 1.00 bits per heavy atom. The summed E-state index contributed by atoms with van der Waals surface area (Å²) in [6, 6.07) is 14.7. The van der Waals surface area contributed by atoms with Crippen molar-refractivity contribution in [3.63, 3.8) is 0 Å². The van der Waals surface area contributed by atoms with Gasteiger partial charge >= 0.3 is 0 Å². The van der Waals surface area contributed by atoms with Gasteiger partial charge in [0.1, 0.15) is 19.3 Å². The van der Waals surface area contributed by atoms with Gasteiger partial charge in [0.15, 0.2) is 11.5 Å². The van der Waals surface area contributed by atoms with Gasteiger partial charge in [-0.3, -0.25) is 4.79 Å². The summed E-state index contributed by atoms with van der Waals surface area (Å²) in [4.78, 5) is 14.0. The highest BCUT2D eigenvalue weighted by Gasteiger charge is 2.46. The van der Waals surface area contributed by atoms with Crippen molar-refractivity contribution in [2.24, 2.45) is 5.73 Å². The van der Waals surface area contributed by atoms with Crippen LogP contribution in [-0.4, -0.2) is 25.2 Å². The van der Waals surface area contributed by atoms with E-state index in [-0.39, 0.29) is 11.9 Å². The number of hydrogen-bond donors (Lipinski definition) is 1. The van der Waals surface area contributed by atoms with Crippen molar-refractivity contribution < 1.29 is 14.3 Å². The van der Waals surface area contributed by atoms with Crippen LogP contribution in [0.4, 0.5) is 5.69 Å². The molecule has 5 nitrogen and oxygen atoms in total. The molecule has 0 radical (unpaired) electrons. The monoisotopic (exact) mass is 296 g/mol. The first kappa shape index (κ1) is 13.2. The third kappa shape index (κ3) is 1.94. The summed E-state index contributed by atoms with van der Waals surface area (Å²) in [5.74, 6) is 1.30. The predicted molar refractivity (Wildman–Crippen MR) is 82.1 cm³/mol. The second-order valence-electron chi connectivity index (χ2n) is 5.42. The molecule has 4 rings (SSSR count). The number of β-lactam (4-membered cyclic amide) rings is 1.